The average molecular weight is 255 g/mol. The van der Waals surface area contributed by atoms with Crippen LogP contribution in [0.5, 0.6) is 0 Å². The van der Waals surface area contributed by atoms with Gasteiger partial charge in [0.2, 0.25) is 0 Å². The Morgan fingerprint density at radius 3 is 2.79 bits per heavy atom. The number of aromatic nitrogens is 2. The second kappa shape index (κ2) is 5.72. The molecule has 0 amide bonds. The van der Waals surface area contributed by atoms with Crippen LogP contribution in [0.1, 0.15) is 0 Å². The van der Waals surface area contributed by atoms with E-state index < -0.39 is 6.10 Å². The summed E-state index contributed by atoms with van der Waals surface area (Å²) in [6.45, 7) is -0.281. The summed E-state index contributed by atoms with van der Waals surface area (Å²) >= 11 is 12.6. The SMILES string of the molecule is OCC(O)CSc1cc(Cl)nnc1Cl. The Hall–Kier alpha value is -0.0700. The van der Waals surface area contributed by atoms with Gasteiger partial charge in [-0.05, 0) is 6.07 Å². The van der Waals surface area contributed by atoms with Crippen LogP contribution in [0.15, 0.2) is 11.0 Å². The molecule has 1 rings (SSSR count). The zero-order chi connectivity index (χ0) is 10.6. The molecule has 0 saturated carbocycles. The number of hydrogen-bond acceptors (Lipinski definition) is 5. The van der Waals surface area contributed by atoms with Crippen LogP contribution in [0.3, 0.4) is 0 Å². The summed E-state index contributed by atoms with van der Waals surface area (Å²) in [6, 6.07) is 1.56. The maximum atomic E-state index is 9.10. The molecule has 1 aromatic heterocycles. The zero-order valence-electron chi connectivity index (χ0n) is 7.02. The third kappa shape index (κ3) is 3.59. The summed E-state index contributed by atoms with van der Waals surface area (Å²) in [5.41, 5.74) is 0. The van der Waals surface area contributed by atoms with E-state index in [0.29, 0.717) is 10.6 Å². The van der Waals surface area contributed by atoms with Crippen molar-refractivity contribution in [1.29, 1.82) is 0 Å². The quantitative estimate of drug-likeness (QED) is 0.792. The highest BCUT2D eigenvalue weighted by molar-refractivity contribution is 7.99. The van der Waals surface area contributed by atoms with Crippen molar-refractivity contribution in [3.63, 3.8) is 0 Å². The highest BCUT2D eigenvalue weighted by Crippen LogP contribution is 2.26. The second-order valence-electron chi connectivity index (χ2n) is 2.47. The summed E-state index contributed by atoms with van der Waals surface area (Å²) < 4.78 is 0. The van der Waals surface area contributed by atoms with E-state index >= 15 is 0 Å². The Morgan fingerprint density at radius 1 is 1.43 bits per heavy atom. The minimum Gasteiger partial charge on any atom is -0.394 e. The number of thioether (sulfide) groups is 1. The topological polar surface area (TPSA) is 66.2 Å². The van der Waals surface area contributed by atoms with Crippen molar-refractivity contribution in [3.05, 3.63) is 16.4 Å². The Kier molecular flexibility index (Phi) is 4.91. The van der Waals surface area contributed by atoms with E-state index in [9.17, 15) is 0 Å². The summed E-state index contributed by atoms with van der Waals surface area (Å²) in [4.78, 5) is 0.638. The number of hydrogen-bond donors (Lipinski definition) is 2. The molecule has 7 heteroatoms. The smallest absolute Gasteiger partial charge is 0.165 e. The molecule has 0 spiro atoms. The monoisotopic (exact) mass is 254 g/mol. The third-order valence-electron chi connectivity index (χ3n) is 1.33. The summed E-state index contributed by atoms with van der Waals surface area (Å²) in [5, 5.41) is 25.3. The molecule has 0 aromatic carbocycles. The van der Waals surface area contributed by atoms with Crippen molar-refractivity contribution in [2.75, 3.05) is 12.4 Å². The molecule has 1 unspecified atom stereocenters. The molecule has 0 bridgehead atoms. The van der Waals surface area contributed by atoms with Gasteiger partial charge in [0.1, 0.15) is 0 Å². The molecule has 2 N–H and O–H groups in total. The molecule has 1 aromatic rings. The molecule has 0 saturated heterocycles. The predicted octanol–water partition coefficient (Wildman–Crippen LogP) is 1.23. The fourth-order valence-corrected chi connectivity index (χ4v) is 1.98. The first-order chi connectivity index (χ1) is 6.63. The maximum absolute atomic E-state index is 9.10. The van der Waals surface area contributed by atoms with Crippen molar-refractivity contribution in [3.8, 4) is 0 Å². The van der Waals surface area contributed by atoms with E-state index in [-0.39, 0.29) is 16.9 Å². The molecule has 0 fully saturated rings. The molecule has 0 aliphatic heterocycles. The van der Waals surface area contributed by atoms with E-state index in [1.165, 1.54) is 11.8 Å². The highest BCUT2D eigenvalue weighted by atomic mass is 35.5. The number of halogens is 2. The summed E-state index contributed by atoms with van der Waals surface area (Å²) in [6.07, 6.45) is -0.775. The molecule has 1 atom stereocenters. The van der Waals surface area contributed by atoms with Gasteiger partial charge in [-0.2, -0.15) is 0 Å². The predicted molar refractivity (Wildman–Crippen MR) is 55.9 cm³/mol. The fraction of sp³-hybridized carbons (Fsp3) is 0.429. The Balaban J connectivity index is 2.62. The van der Waals surface area contributed by atoms with Crippen molar-refractivity contribution in [2.45, 2.75) is 11.0 Å². The number of nitrogens with zero attached hydrogens (tertiary/aromatic N) is 2. The van der Waals surface area contributed by atoms with Gasteiger partial charge in [0, 0.05) is 10.6 Å². The minimum absolute atomic E-state index is 0.240. The number of rotatable bonds is 4. The molecule has 78 valence electrons. The van der Waals surface area contributed by atoms with Gasteiger partial charge in [-0.15, -0.1) is 22.0 Å². The first kappa shape index (κ1) is 12.0. The minimum atomic E-state index is -0.775. The van der Waals surface area contributed by atoms with Crippen molar-refractivity contribution in [2.24, 2.45) is 0 Å². The summed E-state index contributed by atoms with van der Waals surface area (Å²) in [5.74, 6) is 0.332. The second-order valence-corrected chi connectivity index (χ2v) is 4.28. The van der Waals surface area contributed by atoms with E-state index in [1.807, 2.05) is 0 Å². The van der Waals surface area contributed by atoms with Gasteiger partial charge in [-0.25, -0.2) is 0 Å². The fourth-order valence-electron chi connectivity index (χ4n) is 0.677. The molecular weight excluding hydrogens is 247 g/mol. The van der Waals surface area contributed by atoms with Crippen molar-refractivity contribution < 1.29 is 10.2 Å². The molecule has 4 nitrogen and oxygen atoms in total. The van der Waals surface area contributed by atoms with Crippen LogP contribution in [0.25, 0.3) is 0 Å². The van der Waals surface area contributed by atoms with E-state index in [4.69, 9.17) is 33.4 Å². The molecule has 14 heavy (non-hydrogen) atoms. The van der Waals surface area contributed by atoms with Crippen LogP contribution in [-0.2, 0) is 0 Å². The van der Waals surface area contributed by atoms with E-state index in [1.54, 1.807) is 6.07 Å². The maximum Gasteiger partial charge on any atom is 0.165 e. The van der Waals surface area contributed by atoms with E-state index in [2.05, 4.69) is 10.2 Å². The molecule has 0 radical (unpaired) electrons. The van der Waals surface area contributed by atoms with Crippen molar-refractivity contribution in [1.82, 2.24) is 10.2 Å². The van der Waals surface area contributed by atoms with Crippen LogP contribution in [0.4, 0.5) is 0 Å². The lowest BCUT2D eigenvalue weighted by atomic mass is 10.4. The first-order valence-corrected chi connectivity index (χ1v) is 5.48. The Bertz CT molecular complexity index is 314. The zero-order valence-corrected chi connectivity index (χ0v) is 9.35. The summed E-state index contributed by atoms with van der Waals surface area (Å²) in [7, 11) is 0. The van der Waals surface area contributed by atoms with Gasteiger partial charge < -0.3 is 10.2 Å². The van der Waals surface area contributed by atoms with Gasteiger partial charge >= 0.3 is 0 Å². The van der Waals surface area contributed by atoms with Crippen LogP contribution in [0, 0.1) is 0 Å². The van der Waals surface area contributed by atoms with E-state index in [0.717, 1.165) is 0 Å². The van der Waals surface area contributed by atoms with Crippen LogP contribution < -0.4 is 0 Å². The molecule has 1 heterocycles. The van der Waals surface area contributed by atoms with Gasteiger partial charge in [-0.1, -0.05) is 23.2 Å². The lowest BCUT2D eigenvalue weighted by Crippen LogP contribution is -2.14. The largest absolute Gasteiger partial charge is 0.394 e. The number of aliphatic hydroxyl groups is 2. The molecule has 0 aliphatic carbocycles. The number of aliphatic hydroxyl groups excluding tert-OH is 2. The Morgan fingerprint density at radius 2 is 2.14 bits per heavy atom. The van der Waals surface area contributed by atoms with Gasteiger partial charge in [0.15, 0.2) is 10.3 Å². The van der Waals surface area contributed by atoms with Crippen LogP contribution in [-0.4, -0.2) is 38.9 Å². The third-order valence-corrected chi connectivity index (χ3v) is 3.08. The van der Waals surface area contributed by atoms with Gasteiger partial charge in [-0.3, -0.25) is 0 Å². The normalized spacial score (nSPS) is 12.9. The standard InChI is InChI=1S/C7H8Cl2N2O2S/c8-6-1-5(7(9)11-10-6)14-3-4(13)2-12/h1,4,12-13H,2-3H2. The first-order valence-electron chi connectivity index (χ1n) is 3.74. The van der Waals surface area contributed by atoms with Gasteiger partial charge in [0.05, 0.1) is 12.7 Å². The molecule has 0 aliphatic rings. The van der Waals surface area contributed by atoms with Crippen LogP contribution >= 0.6 is 35.0 Å². The van der Waals surface area contributed by atoms with Crippen LogP contribution in [0.2, 0.25) is 10.3 Å². The van der Waals surface area contributed by atoms with Gasteiger partial charge in [0.25, 0.3) is 0 Å². The lowest BCUT2D eigenvalue weighted by molar-refractivity contribution is 0.113. The highest BCUT2D eigenvalue weighted by Gasteiger charge is 2.08. The van der Waals surface area contributed by atoms with Crippen molar-refractivity contribution >= 4 is 35.0 Å². The average Bonchev–Trinajstić information content (AvgIpc) is 2.19. The molecular formula is C7H8Cl2N2O2S. The Labute approximate surface area is 95.3 Å². The lowest BCUT2D eigenvalue weighted by Gasteiger charge is -2.06.